The molecule has 1 saturated heterocycles. The highest BCUT2D eigenvalue weighted by molar-refractivity contribution is 7.89. The van der Waals surface area contributed by atoms with Crippen LogP contribution in [-0.4, -0.2) is 31.2 Å². The molecule has 1 aliphatic heterocycles. The van der Waals surface area contributed by atoms with Crippen LogP contribution in [0.3, 0.4) is 0 Å². The Kier molecular flexibility index (Phi) is 5.79. The summed E-state index contributed by atoms with van der Waals surface area (Å²) in [5, 5.41) is 3.67. The van der Waals surface area contributed by atoms with Gasteiger partial charge in [0.2, 0.25) is 15.9 Å². The number of amides is 1. The van der Waals surface area contributed by atoms with Crippen LogP contribution < -0.4 is 5.32 Å². The predicted octanol–water partition coefficient (Wildman–Crippen LogP) is 4.44. The van der Waals surface area contributed by atoms with Crippen molar-refractivity contribution >= 4 is 56.4 Å². The van der Waals surface area contributed by atoms with E-state index >= 15 is 0 Å². The minimum absolute atomic E-state index is 0.0948. The monoisotopic (exact) mass is 432 g/mol. The quantitative estimate of drug-likeness (QED) is 0.775. The molecule has 0 spiro atoms. The van der Waals surface area contributed by atoms with Gasteiger partial charge in [-0.05, 0) is 49.2 Å². The van der Waals surface area contributed by atoms with E-state index in [-0.39, 0.29) is 27.2 Å². The molecule has 9 heteroatoms. The Morgan fingerprint density at radius 2 is 1.65 bits per heavy atom. The van der Waals surface area contributed by atoms with E-state index in [0.717, 1.165) is 0 Å². The summed E-state index contributed by atoms with van der Waals surface area (Å²) < 4.78 is 27.0. The van der Waals surface area contributed by atoms with Crippen molar-refractivity contribution in [3.8, 4) is 0 Å². The van der Waals surface area contributed by atoms with Crippen LogP contribution in [0.5, 0.6) is 0 Å². The number of nitrogens with zero attached hydrogens (tertiary/aromatic N) is 1. The number of rotatable bonds is 4. The van der Waals surface area contributed by atoms with E-state index in [0.29, 0.717) is 17.9 Å². The van der Waals surface area contributed by atoms with Crippen molar-refractivity contribution in [1.82, 2.24) is 4.31 Å². The second kappa shape index (κ2) is 7.74. The Labute approximate surface area is 166 Å². The molecule has 1 amide bonds. The molecular formula is C17H15Cl3N2O3S. The topological polar surface area (TPSA) is 66.5 Å². The van der Waals surface area contributed by atoms with Gasteiger partial charge in [0.15, 0.2) is 0 Å². The average molecular weight is 434 g/mol. The summed E-state index contributed by atoms with van der Waals surface area (Å²) in [5.41, 5.74) is 0.275. The summed E-state index contributed by atoms with van der Waals surface area (Å²) >= 11 is 18.0. The van der Waals surface area contributed by atoms with Gasteiger partial charge in [0, 0.05) is 11.6 Å². The Morgan fingerprint density at radius 1 is 1.04 bits per heavy atom. The fourth-order valence-electron chi connectivity index (χ4n) is 2.86. The van der Waals surface area contributed by atoms with Crippen molar-refractivity contribution in [2.45, 2.75) is 23.8 Å². The molecule has 1 aliphatic rings. The Bertz CT molecular complexity index is 913. The average Bonchev–Trinajstić information content (AvgIpc) is 3.09. The van der Waals surface area contributed by atoms with Gasteiger partial charge in [-0.1, -0.05) is 40.9 Å². The standard InChI is InChI=1S/C17H15Cl3N2O3S/c18-11-6-8-12(9-7-11)26(24,25)22-10-2-5-15(22)17(23)21-16-13(19)3-1-4-14(16)20/h1,3-4,6-9,15H,2,5,10H2,(H,21,23). The summed E-state index contributed by atoms with van der Waals surface area (Å²) in [6.45, 7) is 0.263. The van der Waals surface area contributed by atoms with Crippen molar-refractivity contribution in [3.05, 3.63) is 57.5 Å². The first-order valence-corrected chi connectivity index (χ1v) is 10.4. The lowest BCUT2D eigenvalue weighted by Crippen LogP contribution is -2.43. The highest BCUT2D eigenvalue weighted by Gasteiger charge is 2.39. The van der Waals surface area contributed by atoms with E-state index in [1.165, 1.54) is 28.6 Å². The molecule has 1 N–H and O–H groups in total. The van der Waals surface area contributed by atoms with Gasteiger partial charge >= 0.3 is 0 Å². The molecule has 2 aromatic rings. The second-order valence-corrected chi connectivity index (χ2v) is 8.96. The number of hydrogen-bond donors (Lipinski definition) is 1. The maximum atomic E-state index is 12.9. The third-order valence-corrected chi connectivity index (χ3v) is 6.94. The largest absolute Gasteiger partial charge is 0.322 e. The van der Waals surface area contributed by atoms with Crippen molar-refractivity contribution in [2.24, 2.45) is 0 Å². The van der Waals surface area contributed by atoms with Crippen LogP contribution in [0.1, 0.15) is 12.8 Å². The van der Waals surface area contributed by atoms with Gasteiger partial charge in [-0.25, -0.2) is 8.42 Å². The molecule has 26 heavy (non-hydrogen) atoms. The number of sulfonamides is 1. The number of carbonyl (C=O) groups is 1. The molecule has 5 nitrogen and oxygen atoms in total. The van der Waals surface area contributed by atoms with E-state index in [1.54, 1.807) is 18.2 Å². The number of carbonyl (C=O) groups excluding carboxylic acids is 1. The van der Waals surface area contributed by atoms with Crippen molar-refractivity contribution in [1.29, 1.82) is 0 Å². The third kappa shape index (κ3) is 3.85. The fourth-order valence-corrected chi connectivity index (χ4v) is 5.13. The molecule has 1 heterocycles. The van der Waals surface area contributed by atoms with E-state index in [4.69, 9.17) is 34.8 Å². The number of benzene rings is 2. The summed E-state index contributed by atoms with van der Waals surface area (Å²) in [7, 11) is -3.81. The van der Waals surface area contributed by atoms with Crippen LogP contribution in [0, 0.1) is 0 Å². The zero-order valence-corrected chi connectivity index (χ0v) is 16.5. The molecule has 1 fully saturated rings. The van der Waals surface area contributed by atoms with E-state index < -0.39 is 22.0 Å². The van der Waals surface area contributed by atoms with Crippen molar-refractivity contribution < 1.29 is 13.2 Å². The summed E-state index contributed by atoms with van der Waals surface area (Å²) in [6.07, 6.45) is 1.00. The van der Waals surface area contributed by atoms with Crippen LogP contribution in [0.25, 0.3) is 0 Å². The van der Waals surface area contributed by atoms with Gasteiger partial charge < -0.3 is 5.32 Å². The zero-order chi connectivity index (χ0) is 18.9. The molecule has 0 radical (unpaired) electrons. The SMILES string of the molecule is O=C(Nc1c(Cl)cccc1Cl)C1CCCN1S(=O)(=O)c1ccc(Cl)cc1. The van der Waals surface area contributed by atoms with Crippen LogP contribution in [-0.2, 0) is 14.8 Å². The first-order chi connectivity index (χ1) is 12.3. The zero-order valence-electron chi connectivity index (χ0n) is 13.5. The number of nitrogens with one attached hydrogen (secondary N) is 1. The van der Waals surface area contributed by atoms with Crippen LogP contribution in [0.4, 0.5) is 5.69 Å². The molecule has 3 rings (SSSR count). The lowest BCUT2D eigenvalue weighted by Gasteiger charge is -2.23. The lowest BCUT2D eigenvalue weighted by molar-refractivity contribution is -0.119. The van der Waals surface area contributed by atoms with E-state index in [1.807, 2.05) is 0 Å². The molecule has 0 saturated carbocycles. The maximum absolute atomic E-state index is 12.9. The molecule has 138 valence electrons. The van der Waals surface area contributed by atoms with E-state index in [2.05, 4.69) is 5.32 Å². The highest BCUT2D eigenvalue weighted by Crippen LogP contribution is 2.32. The first kappa shape index (κ1) is 19.5. The first-order valence-electron chi connectivity index (χ1n) is 7.83. The van der Waals surface area contributed by atoms with Gasteiger partial charge in [-0.3, -0.25) is 4.79 Å². The Morgan fingerprint density at radius 3 is 2.27 bits per heavy atom. The predicted molar refractivity (Wildman–Crippen MR) is 103 cm³/mol. The molecular weight excluding hydrogens is 419 g/mol. The Balaban J connectivity index is 1.86. The Hall–Kier alpha value is -1.31. The van der Waals surface area contributed by atoms with Gasteiger partial charge in [0.1, 0.15) is 6.04 Å². The van der Waals surface area contributed by atoms with Crippen molar-refractivity contribution in [2.75, 3.05) is 11.9 Å². The van der Waals surface area contributed by atoms with Gasteiger partial charge in [0.25, 0.3) is 0 Å². The van der Waals surface area contributed by atoms with Gasteiger partial charge in [-0.2, -0.15) is 4.31 Å². The number of anilines is 1. The van der Waals surface area contributed by atoms with Gasteiger partial charge in [-0.15, -0.1) is 0 Å². The maximum Gasteiger partial charge on any atom is 0.243 e. The molecule has 0 aromatic heterocycles. The smallest absolute Gasteiger partial charge is 0.243 e. The summed E-state index contributed by atoms with van der Waals surface area (Å²) in [6, 6.07) is 9.88. The van der Waals surface area contributed by atoms with Crippen LogP contribution in [0.2, 0.25) is 15.1 Å². The normalized spacial score (nSPS) is 18.0. The minimum atomic E-state index is -3.81. The molecule has 1 atom stereocenters. The number of halogens is 3. The summed E-state index contributed by atoms with van der Waals surface area (Å²) in [5.74, 6) is -0.463. The fraction of sp³-hybridized carbons (Fsp3) is 0.235. The van der Waals surface area contributed by atoms with E-state index in [9.17, 15) is 13.2 Å². The molecule has 0 bridgehead atoms. The molecule has 2 aromatic carbocycles. The molecule has 0 aliphatic carbocycles. The van der Waals surface area contributed by atoms with Crippen molar-refractivity contribution in [3.63, 3.8) is 0 Å². The van der Waals surface area contributed by atoms with Crippen LogP contribution in [0.15, 0.2) is 47.4 Å². The highest BCUT2D eigenvalue weighted by atomic mass is 35.5. The van der Waals surface area contributed by atoms with Crippen LogP contribution >= 0.6 is 34.8 Å². The number of hydrogen-bond acceptors (Lipinski definition) is 3. The lowest BCUT2D eigenvalue weighted by atomic mass is 10.2. The minimum Gasteiger partial charge on any atom is -0.322 e. The molecule has 1 unspecified atom stereocenters. The van der Waals surface area contributed by atoms with Gasteiger partial charge in [0.05, 0.1) is 20.6 Å². The third-order valence-electron chi connectivity index (χ3n) is 4.14. The second-order valence-electron chi connectivity index (χ2n) is 5.81. The summed E-state index contributed by atoms with van der Waals surface area (Å²) in [4.78, 5) is 12.8. The number of para-hydroxylation sites is 1.